The summed E-state index contributed by atoms with van der Waals surface area (Å²) in [7, 11) is 0. The second-order valence-electron chi connectivity index (χ2n) is 8.57. The lowest BCUT2D eigenvalue weighted by atomic mass is 10.00. The molecule has 2 rings (SSSR count). The summed E-state index contributed by atoms with van der Waals surface area (Å²) in [4.78, 5) is 11.0. The molecule has 0 unspecified atom stereocenters. The normalized spacial score (nSPS) is 12.8. The van der Waals surface area contributed by atoms with Crippen LogP contribution < -0.4 is 11.6 Å². The van der Waals surface area contributed by atoms with Crippen molar-refractivity contribution in [1.82, 2.24) is 9.80 Å². The first-order valence-electron chi connectivity index (χ1n) is 11.9. The van der Waals surface area contributed by atoms with Crippen LogP contribution in [0.5, 0.6) is 0 Å². The lowest BCUT2D eigenvalue weighted by molar-refractivity contribution is 0.149. The van der Waals surface area contributed by atoms with Gasteiger partial charge in [0.05, 0.1) is 24.4 Å². The zero-order valence-electron chi connectivity index (χ0n) is 21.6. The molecule has 8 heteroatoms. The number of hydrogen-bond acceptors (Lipinski definition) is 8. The molecule has 4 N–H and O–H groups in total. The van der Waals surface area contributed by atoms with E-state index in [1.54, 1.807) is 6.08 Å². The molecule has 36 heavy (non-hydrogen) atoms. The molecule has 2 aromatic carbocycles. The summed E-state index contributed by atoms with van der Waals surface area (Å²) in [5.74, 6) is 5.26. The lowest BCUT2D eigenvalue weighted by Gasteiger charge is -2.30. The van der Waals surface area contributed by atoms with Crippen LogP contribution in [0.1, 0.15) is 29.2 Å². The fourth-order valence-electron chi connectivity index (χ4n) is 3.96. The molecule has 0 aliphatic carbocycles. The van der Waals surface area contributed by atoms with Crippen LogP contribution in [-0.4, -0.2) is 42.8 Å². The van der Waals surface area contributed by atoms with Gasteiger partial charge >= 0.3 is 0 Å². The zero-order chi connectivity index (χ0) is 26.3. The third kappa shape index (κ3) is 10.3. The number of nitrogens with two attached hydrogens (primary N) is 2. The molecule has 6 nitrogen and oxygen atoms in total. The summed E-state index contributed by atoms with van der Waals surface area (Å²) in [6, 6.07) is 14.6. The van der Waals surface area contributed by atoms with E-state index in [1.165, 1.54) is 28.5 Å². The summed E-state index contributed by atoms with van der Waals surface area (Å²) in [6.07, 6.45) is 8.25. The Kier molecular flexibility index (Phi) is 13.6. The van der Waals surface area contributed by atoms with Crippen molar-refractivity contribution in [2.75, 3.05) is 26.3 Å². The molecular formula is C28H39N5OS2. The largest absolute Gasteiger partial charge is 0.405 e. The van der Waals surface area contributed by atoms with Crippen LogP contribution in [0.25, 0.3) is 0 Å². The summed E-state index contributed by atoms with van der Waals surface area (Å²) >= 11 is 5.78. The van der Waals surface area contributed by atoms with Crippen molar-refractivity contribution in [2.45, 2.75) is 38.6 Å². The second kappa shape index (κ2) is 16.4. The van der Waals surface area contributed by atoms with Gasteiger partial charge in [0.2, 0.25) is 0 Å². The number of nitrogens with zero attached hydrogens (tertiary/aromatic N) is 3. The Labute approximate surface area is 226 Å². The van der Waals surface area contributed by atoms with Crippen molar-refractivity contribution in [3.8, 4) is 0 Å². The van der Waals surface area contributed by atoms with Gasteiger partial charge in [0, 0.05) is 24.5 Å². The number of aliphatic imine (C=N–C) groups is 1. The quantitative estimate of drug-likeness (QED) is 0.0722. The Morgan fingerprint density at radius 1 is 1.14 bits per heavy atom. The Hall–Kier alpha value is -2.33. The van der Waals surface area contributed by atoms with E-state index in [-0.39, 0.29) is 0 Å². The highest BCUT2D eigenvalue weighted by Gasteiger charge is 2.14. The monoisotopic (exact) mass is 525 g/mol. The highest BCUT2D eigenvalue weighted by molar-refractivity contribution is 7.94. The minimum atomic E-state index is 0.671. The molecular weight excluding hydrogens is 486 g/mol. The Morgan fingerprint density at radius 3 is 2.50 bits per heavy atom. The molecule has 0 saturated carbocycles. The van der Waals surface area contributed by atoms with E-state index >= 15 is 0 Å². The van der Waals surface area contributed by atoms with Crippen LogP contribution in [0, 0.1) is 13.8 Å². The lowest BCUT2D eigenvalue weighted by Crippen LogP contribution is -2.39. The number of allylic oxidation sites excluding steroid dienone is 3. The highest BCUT2D eigenvalue weighted by atomic mass is 32.2. The van der Waals surface area contributed by atoms with Gasteiger partial charge in [0.15, 0.2) is 0 Å². The third-order valence-corrected chi connectivity index (χ3v) is 6.69. The van der Waals surface area contributed by atoms with Crippen LogP contribution in [0.15, 0.2) is 87.4 Å². The van der Waals surface area contributed by atoms with Crippen LogP contribution in [0.2, 0.25) is 0 Å². The van der Waals surface area contributed by atoms with Gasteiger partial charge in [-0.2, -0.15) is 0 Å². The first-order chi connectivity index (χ1) is 17.4. The van der Waals surface area contributed by atoms with Gasteiger partial charge in [-0.05, 0) is 85.1 Å². The van der Waals surface area contributed by atoms with Crippen LogP contribution in [0.3, 0.4) is 0 Å². The molecule has 0 saturated heterocycles. The molecule has 0 fully saturated rings. The molecule has 194 valence electrons. The maximum absolute atomic E-state index is 5.48. The minimum Gasteiger partial charge on any atom is -0.405 e. The first kappa shape index (κ1) is 29.9. The second-order valence-corrected chi connectivity index (χ2v) is 9.98. The standard InChI is InChI=1S/C28H39N5OS2/c1-5-32(20-26(35)12-8-16-29)21-33(18-24-11-7-13-27(17-24)36-34-30)19-25(31-4)14-15-28-22(2)9-6-10-23(28)3/h6-14,16-17,35H,4-5,15,18-21,29-30H2,1-3H3/b16-8-,25-14-,26-12-. The first-order valence-corrected chi connectivity index (χ1v) is 13.1. The van der Waals surface area contributed by atoms with Gasteiger partial charge in [-0.25, -0.2) is 10.2 Å². The maximum atomic E-state index is 5.48. The van der Waals surface area contributed by atoms with Gasteiger partial charge in [0.1, 0.15) is 0 Å². The number of aryl methyl sites for hydroxylation is 2. The number of benzene rings is 2. The molecule has 0 aliphatic heterocycles. The Morgan fingerprint density at radius 2 is 1.86 bits per heavy atom. The Balaban J connectivity index is 2.26. The van der Waals surface area contributed by atoms with Crippen LogP contribution in [0.4, 0.5) is 0 Å². The average Bonchev–Trinajstić information content (AvgIpc) is 2.86. The fraction of sp³-hybridized carbons (Fsp3) is 0.321. The molecule has 2 aromatic rings. The topological polar surface area (TPSA) is 80.1 Å². The van der Waals surface area contributed by atoms with E-state index < -0.39 is 0 Å². The summed E-state index contributed by atoms with van der Waals surface area (Å²) in [5, 5.41) is 0. The van der Waals surface area contributed by atoms with Gasteiger partial charge in [0.25, 0.3) is 0 Å². The minimum absolute atomic E-state index is 0.671. The van der Waals surface area contributed by atoms with Crippen molar-refractivity contribution in [3.63, 3.8) is 0 Å². The van der Waals surface area contributed by atoms with Crippen molar-refractivity contribution in [1.29, 1.82) is 0 Å². The predicted molar refractivity (Wildman–Crippen MR) is 158 cm³/mol. The van der Waals surface area contributed by atoms with E-state index in [9.17, 15) is 0 Å². The van der Waals surface area contributed by atoms with Crippen LogP contribution in [-0.2, 0) is 17.2 Å². The molecule has 0 aromatic heterocycles. The van der Waals surface area contributed by atoms with Crippen molar-refractivity contribution >= 4 is 31.4 Å². The number of rotatable bonds is 15. The third-order valence-electron chi connectivity index (χ3n) is 5.86. The summed E-state index contributed by atoms with van der Waals surface area (Å²) in [6.45, 7) is 14.1. The molecule has 0 heterocycles. The maximum Gasteiger partial charge on any atom is 0.0521 e. The van der Waals surface area contributed by atoms with Crippen molar-refractivity contribution in [3.05, 3.63) is 99.7 Å². The molecule has 0 radical (unpaired) electrons. The van der Waals surface area contributed by atoms with E-state index in [1.807, 2.05) is 18.2 Å². The number of hydrogen-bond donors (Lipinski definition) is 3. The molecule has 0 spiro atoms. The Bertz CT molecular complexity index is 1050. The number of thiol groups is 1. The van der Waals surface area contributed by atoms with Gasteiger partial charge in [-0.1, -0.05) is 49.4 Å². The predicted octanol–water partition coefficient (Wildman–Crippen LogP) is 5.40. The number of likely N-dealkylation sites (N-methyl/N-ethyl adjacent to an activating group) is 1. The van der Waals surface area contributed by atoms with Crippen molar-refractivity contribution < 1.29 is 4.28 Å². The molecule has 0 bridgehead atoms. The van der Waals surface area contributed by atoms with E-state index in [2.05, 4.69) is 91.3 Å². The van der Waals surface area contributed by atoms with Gasteiger partial charge < -0.3 is 5.73 Å². The smallest absolute Gasteiger partial charge is 0.0521 e. The summed E-state index contributed by atoms with van der Waals surface area (Å²) in [5.41, 5.74) is 11.5. The zero-order valence-corrected chi connectivity index (χ0v) is 23.3. The van der Waals surface area contributed by atoms with Gasteiger partial charge in [-0.3, -0.25) is 14.8 Å². The molecule has 0 atom stereocenters. The molecule has 0 amide bonds. The van der Waals surface area contributed by atoms with E-state index in [0.717, 1.165) is 60.3 Å². The van der Waals surface area contributed by atoms with E-state index in [4.69, 9.17) is 15.9 Å². The average molecular weight is 526 g/mol. The van der Waals surface area contributed by atoms with Crippen LogP contribution >= 0.6 is 24.7 Å². The highest BCUT2D eigenvalue weighted by Crippen LogP contribution is 2.21. The molecule has 0 aliphatic rings. The van der Waals surface area contributed by atoms with E-state index in [0.29, 0.717) is 6.54 Å². The van der Waals surface area contributed by atoms with Gasteiger partial charge in [-0.15, -0.1) is 12.6 Å². The fourth-order valence-corrected chi connectivity index (χ4v) is 4.69. The summed E-state index contributed by atoms with van der Waals surface area (Å²) < 4.78 is 4.75. The van der Waals surface area contributed by atoms with Crippen molar-refractivity contribution in [2.24, 2.45) is 16.6 Å². The SMILES string of the molecule is C=N/C(=C\Cc1c(C)cccc1C)CN(Cc1cccc(SON)c1)CN(CC)C/C(S)=C/C=C\N.